The largest absolute Gasteiger partial charge is 0.494 e. The van der Waals surface area contributed by atoms with Gasteiger partial charge in [-0.15, -0.1) is 24.0 Å². The zero-order valence-corrected chi connectivity index (χ0v) is 16.8. The molecule has 1 aromatic carbocycles. The van der Waals surface area contributed by atoms with Gasteiger partial charge in [0.15, 0.2) is 5.96 Å². The van der Waals surface area contributed by atoms with Gasteiger partial charge in [-0.2, -0.15) is 0 Å². The molecule has 0 aliphatic heterocycles. The van der Waals surface area contributed by atoms with Gasteiger partial charge in [-0.05, 0) is 38.3 Å². The molecule has 0 aromatic heterocycles. The summed E-state index contributed by atoms with van der Waals surface area (Å²) in [4.78, 5) is 4.52. The summed E-state index contributed by atoms with van der Waals surface area (Å²) in [6.07, 6.45) is 1.83. The summed E-state index contributed by atoms with van der Waals surface area (Å²) >= 11 is 0. The summed E-state index contributed by atoms with van der Waals surface area (Å²) in [6, 6.07) is 8.17. The number of nitrogens with one attached hydrogen (secondary N) is 2. The number of guanidine groups is 1. The van der Waals surface area contributed by atoms with E-state index in [2.05, 4.69) is 28.6 Å². The number of methoxy groups -OCH3 is 1. The van der Waals surface area contributed by atoms with Crippen LogP contribution in [0.3, 0.4) is 0 Å². The van der Waals surface area contributed by atoms with E-state index in [1.54, 1.807) is 7.11 Å². The SMILES string of the molecule is CCNC(=NCCCOC)NCCc1ccccc1OCC.I. The van der Waals surface area contributed by atoms with Crippen LogP contribution >= 0.6 is 24.0 Å². The number of halogens is 1. The Morgan fingerprint density at radius 1 is 1.17 bits per heavy atom. The third kappa shape index (κ3) is 9.65. The fourth-order valence-corrected chi connectivity index (χ4v) is 2.06. The van der Waals surface area contributed by atoms with Crippen molar-refractivity contribution < 1.29 is 9.47 Å². The molecule has 6 heteroatoms. The van der Waals surface area contributed by atoms with Crippen molar-refractivity contribution in [2.75, 3.05) is 40.0 Å². The summed E-state index contributed by atoms with van der Waals surface area (Å²) < 4.78 is 10.7. The molecule has 0 aliphatic rings. The lowest BCUT2D eigenvalue weighted by Crippen LogP contribution is -2.38. The Morgan fingerprint density at radius 3 is 2.65 bits per heavy atom. The lowest BCUT2D eigenvalue weighted by atomic mass is 10.1. The monoisotopic (exact) mass is 435 g/mol. The number of benzene rings is 1. The van der Waals surface area contributed by atoms with Crippen LogP contribution in [0.2, 0.25) is 0 Å². The van der Waals surface area contributed by atoms with Crippen LogP contribution < -0.4 is 15.4 Å². The molecule has 0 bridgehead atoms. The summed E-state index contributed by atoms with van der Waals surface area (Å²) in [5.41, 5.74) is 1.21. The van der Waals surface area contributed by atoms with Crippen LogP contribution in [0.1, 0.15) is 25.8 Å². The number of hydrogen-bond acceptors (Lipinski definition) is 3. The molecule has 1 rings (SSSR count). The molecule has 0 heterocycles. The Bertz CT molecular complexity index is 442. The fourth-order valence-electron chi connectivity index (χ4n) is 2.06. The highest BCUT2D eigenvalue weighted by Gasteiger charge is 2.03. The molecular formula is C17H30IN3O2. The van der Waals surface area contributed by atoms with Crippen molar-refractivity contribution in [2.45, 2.75) is 26.7 Å². The molecule has 0 saturated carbocycles. The van der Waals surface area contributed by atoms with Crippen molar-refractivity contribution in [3.63, 3.8) is 0 Å². The maximum Gasteiger partial charge on any atom is 0.191 e. The zero-order valence-electron chi connectivity index (χ0n) is 14.4. The molecule has 0 spiro atoms. The molecule has 5 nitrogen and oxygen atoms in total. The van der Waals surface area contributed by atoms with Gasteiger partial charge in [-0.1, -0.05) is 18.2 Å². The standard InChI is InChI=1S/C17H29N3O2.HI/c1-4-18-17(19-12-8-14-21-3)20-13-11-15-9-6-7-10-16(15)22-5-2;/h6-7,9-10H,4-5,8,11-14H2,1-3H3,(H2,18,19,20);1H. The maximum absolute atomic E-state index is 5.65. The molecule has 1 aromatic rings. The van der Waals surface area contributed by atoms with Crippen LogP contribution in [0.4, 0.5) is 0 Å². The van der Waals surface area contributed by atoms with Crippen LogP contribution in [-0.2, 0) is 11.2 Å². The molecule has 0 aliphatic carbocycles. The first-order valence-corrected chi connectivity index (χ1v) is 8.03. The van der Waals surface area contributed by atoms with Gasteiger partial charge in [0.25, 0.3) is 0 Å². The van der Waals surface area contributed by atoms with Gasteiger partial charge in [0.1, 0.15) is 5.75 Å². The quantitative estimate of drug-likeness (QED) is 0.257. The third-order valence-corrected chi connectivity index (χ3v) is 3.08. The lowest BCUT2D eigenvalue weighted by Gasteiger charge is -2.13. The van der Waals surface area contributed by atoms with Crippen molar-refractivity contribution in [1.29, 1.82) is 0 Å². The van der Waals surface area contributed by atoms with Gasteiger partial charge in [0.05, 0.1) is 6.61 Å². The Labute approximate surface area is 157 Å². The average Bonchev–Trinajstić information content (AvgIpc) is 2.53. The van der Waals surface area contributed by atoms with E-state index >= 15 is 0 Å². The summed E-state index contributed by atoms with van der Waals surface area (Å²) in [5, 5.41) is 6.61. The van der Waals surface area contributed by atoms with Gasteiger partial charge < -0.3 is 20.1 Å². The van der Waals surface area contributed by atoms with E-state index in [0.717, 1.165) is 50.8 Å². The van der Waals surface area contributed by atoms with E-state index in [4.69, 9.17) is 9.47 Å². The molecule has 0 unspecified atom stereocenters. The van der Waals surface area contributed by atoms with E-state index in [1.165, 1.54) is 5.56 Å². The van der Waals surface area contributed by atoms with E-state index in [0.29, 0.717) is 6.61 Å². The molecule has 2 N–H and O–H groups in total. The Morgan fingerprint density at radius 2 is 1.96 bits per heavy atom. The second-order valence-corrected chi connectivity index (χ2v) is 4.82. The number of aliphatic imine (C=N–C) groups is 1. The Balaban J connectivity index is 0.00000484. The van der Waals surface area contributed by atoms with Gasteiger partial charge in [0, 0.05) is 33.4 Å². The first-order chi connectivity index (χ1) is 10.8. The lowest BCUT2D eigenvalue weighted by molar-refractivity contribution is 0.197. The second kappa shape index (κ2) is 14.6. The first-order valence-electron chi connectivity index (χ1n) is 8.03. The van der Waals surface area contributed by atoms with Crippen LogP contribution in [0.15, 0.2) is 29.3 Å². The topological polar surface area (TPSA) is 54.9 Å². The zero-order chi connectivity index (χ0) is 16.0. The van der Waals surface area contributed by atoms with Crippen LogP contribution in [-0.4, -0.2) is 45.9 Å². The highest BCUT2D eigenvalue weighted by Crippen LogP contribution is 2.17. The number of nitrogens with zero attached hydrogens (tertiary/aromatic N) is 1. The molecule has 0 saturated heterocycles. The van der Waals surface area contributed by atoms with Crippen molar-refractivity contribution in [3.05, 3.63) is 29.8 Å². The van der Waals surface area contributed by atoms with Crippen molar-refractivity contribution >= 4 is 29.9 Å². The molecular weight excluding hydrogens is 405 g/mol. The smallest absolute Gasteiger partial charge is 0.191 e. The first kappa shape index (κ1) is 22.0. The van der Waals surface area contributed by atoms with Crippen LogP contribution in [0.5, 0.6) is 5.75 Å². The molecule has 0 radical (unpaired) electrons. The highest BCUT2D eigenvalue weighted by atomic mass is 127. The van der Waals surface area contributed by atoms with Gasteiger partial charge in [-0.25, -0.2) is 0 Å². The Kier molecular flexibility index (Phi) is 13.9. The normalized spacial score (nSPS) is 10.8. The highest BCUT2D eigenvalue weighted by molar-refractivity contribution is 14.0. The van der Waals surface area contributed by atoms with E-state index in [1.807, 2.05) is 25.1 Å². The molecule has 0 amide bonds. The third-order valence-electron chi connectivity index (χ3n) is 3.08. The predicted molar refractivity (Wildman–Crippen MR) is 107 cm³/mol. The van der Waals surface area contributed by atoms with Gasteiger partial charge in [0.2, 0.25) is 0 Å². The molecule has 0 atom stereocenters. The number of hydrogen-bond donors (Lipinski definition) is 2. The maximum atomic E-state index is 5.65. The van der Waals surface area contributed by atoms with Gasteiger partial charge in [-0.3, -0.25) is 4.99 Å². The van der Waals surface area contributed by atoms with Crippen molar-refractivity contribution in [3.8, 4) is 5.75 Å². The van der Waals surface area contributed by atoms with Crippen LogP contribution in [0.25, 0.3) is 0 Å². The minimum absolute atomic E-state index is 0. The van der Waals surface area contributed by atoms with Crippen LogP contribution in [0, 0.1) is 0 Å². The number of para-hydroxylation sites is 1. The predicted octanol–water partition coefficient (Wildman–Crippen LogP) is 2.84. The van der Waals surface area contributed by atoms with Crippen molar-refractivity contribution in [1.82, 2.24) is 10.6 Å². The van der Waals surface area contributed by atoms with E-state index in [9.17, 15) is 0 Å². The summed E-state index contributed by atoms with van der Waals surface area (Å²) in [6.45, 7) is 7.94. The molecule has 132 valence electrons. The summed E-state index contributed by atoms with van der Waals surface area (Å²) in [7, 11) is 1.71. The molecule has 23 heavy (non-hydrogen) atoms. The van der Waals surface area contributed by atoms with Crippen molar-refractivity contribution in [2.24, 2.45) is 4.99 Å². The minimum Gasteiger partial charge on any atom is -0.494 e. The Hall–Kier alpha value is -1.02. The van der Waals surface area contributed by atoms with E-state index < -0.39 is 0 Å². The second-order valence-electron chi connectivity index (χ2n) is 4.82. The number of rotatable bonds is 10. The van der Waals surface area contributed by atoms with E-state index in [-0.39, 0.29) is 24.0 Å². The summed E-state index contributed by atoms with van der Waals surface area (Å²) in [5.74, 6) is 1.82. The molecule has 0 fully saturated rings. The fraction of sp³-hybridized carbons (Fsp3) is 0.588. The average molecular weight is 435 g/mol. The minimum atomic E-state index is 0. The van der Waals surface area contributed by atoms with Gasteiger partial charge >= 0.3 is 0 Å². The number of ether oxygens (including phenoxy) is 2.